The third kappa shape index (κ3) is 8.87. The van der Waals surface area contributed by atoms with E-state index in [4.69, 9.17) is 38.4 Å². The SMILES string of the molecule is [2H]C([2H])([2H])C([2H])([2H])C([2H])([2H])C([2H])([2H])[C@H](CC(=O)[C@@H]1[C@@H]2[C@H](CN1C(=O)[C@@H](NC(=O)NC1(CS(=O)(=O)C(C([2H])([2H])[2H])(C([2H])([2H])[2H])C([2H])([2H])[2H])C([2H])([2H])C([2H])([2H])C([2H])([2H])C([2H])([2H])C1([2H])[2H])C(C)(C)C)C2(C)C)C(=O)C(=O)NC1CC1. The first-order chi connectivity index (χ1) is 33.5. The van der Waals surface area contributed by atoms with Crippen molar-refractivity contribution < 1.29 is 70.8 Å². The Morgan fingerprint density at radius 2 is 1.69 bits per heavy atom. The number of nitrogens with one attached hydrogen (secondary N) is 3. The van der Waals surface area contributed by atoms with Crippen LogP contribution >= 0.6 is 0 Å². The first kappa shape index (κ1) is 16.0. The highest BCUT2D eigenvalue weighted by molar-refractivity contribution is 7.92. The first-order valence-corrected chi connectivity index (χ1v) is 17.2. The maximum Gasteiger partial charge on any atom is 0.315 e. The Bertz CT molecular complexity index is 2440. The minimum absolute atomic E-state index is 0.360. The van der Waals surface area contributed by atoms with E-state index in [9.17, 15) is 27.6 Å². The van der Waals surface area contributed by atoms with E-state index in [2.05, 4.69) is 5.32 Å². The zero-order valence-electron chi connectivity index (χ0n) is 55.7. The van der Waals surface area contributed by atoms with Gasteiger partial charge in [-0.15, -0.1) is 0 Å². The van der Waals surface area contributed by atoms with E-state index < -0.39 is 193 Å². The number of amides is 4. The summed E-state index contributed by atoms with van der Waals surface area (Å²) >= 11 is 0. The molecule has 3 N–H and O–H groups in total. The average molecular weight is 735 g/mol. The number of hydrogen-bond acceptors (Lipinski definition) is 7. The molecule has 11 nitrogen and oxygen atoms in total. The van der Waals surface area contributed by atoms with Crippen LogP contribution < -0.4 is 16.0 Å². The lowest BCUT2D eigenvalue weighted by atomic mass is 9.83. The lowest BCUT2D eigenvalue weighted by molar-refractivity contribution is -0.145. The van der Waals surface area contributed by atoms with Gasteiger partial charge < -0.3 is 20.9 Å². The molecule has 5 atom stereocenters. The Balaban J connectivity index is 1.93. The van der Waals surface area contributed by atoms with Crippen LogP contribution in [0.2, 0.25) is 0 Å². The fourth-order valence-electron chi connectivity index (χ4n) is 6.26. The lowest BCUT2D eigenvalue weighted by Gasteiger charge is -2.41. The summed E-state index contributed by atoms with van der Waals surface area (Å²) < 4.78 is 257. The smallest absolute Gasteiger partial charge is 0.315 e. The molecule has 0 bridgehead atoms. The number of Topliss-reactive ketones (excluding diaryl/α,β-unsaturated/α-hetero) is 2. The number of carbonyl (C=O) groups is 5. The summed E-state index contributed by atoms with van der Waals surface area (Å²) in [6.07, 6.45) is -36.0. The molecule has 49 heavy (non-hydrogen) atoms. The minimum atomic E-state index is -6.94. The lowest BCUT2D eigenvalue weighted by Crippen LogP contribution is -2.63. The van der Waals surface area contributed by atoms with Crippen molar-refractivity contribution in [1.82, 2.24) is 20.9 Å². The number of piperidine rings is 1. The van der Waals surface area contributed by atoms with Crippen LogP contribution in [-0.2, 0) is 29.0 Å². The standard InChI is InChI=1S/C37H62N4O7S/c1-10-11-15-23(29(43)31(44)38-24-16-17-24)20-26(42)28-27-25(36(27,8)9)21-41(28)32(45)30(34(2,3)4)39-33(46)40-37(18-13-12-14-19-37)22-49(47,48)35(5,6)7/h23-25,27-28,30H,10-22H2,1-9H3,(H,38,44)(H2,39,40,46)/t23-,25+,27+,28-,30-/m1/s1/i1D3,5D3,6D3,7D3,10D2,11D2,12D2,13D2,14D2,15D2,18D2,19D2. The Labute approximate surface area is 333 Å². The summed E-state index contributed by atoms with van der Waals surface area (Å²) in [5.74, 6) is -13.3. The number of carbonyl (C=O) groups excluding carboxylic acids is 5. The van der Waals surface area contributed by atoms with Gasteiger partial charge in [0.05, 0.1) is 22.1 Å². The number of urea groups is 1. The number of nitrogens with zero attached hydrogens (tertiary/aromatic N) is 1. The first-order valence-electron chi connectivity index (χ1n) is 29.5. The van der Waals surface area contributed by atoms with Crippen LogP contribution in [0.3, 0.4) is 0 Å². The van der Waals surface area contributed by atoms with Crippen molar-refractivity contribution in [3.05, 3.63) is 0 Å². The van der Waals surface area contributed by atoms with E-state index in [-0.39, 0.29) is 0 Å². The molecule has 278 valence electrons. The summed E-state index contributed by atoms with van der Waals surface area (Å²) in [6, 6.07) is -6.77. The molecule has 0 radical (unpaired) electrons. The number of hydrogen-bond donors (Lipinski definition) is 3. The van der Waals surface area contributed by atoms with Gasteiger partial charge in [0.15, 0.2) is 15.6 Å². The van der Waals surface area contributed by atoms with Crippen LogP contribution in [0.25, 0.3) is 0 Å². The van der Waals surface area contributed by atoms with Gasteiger partial charge in [-0.2, -0.15) is 0 Å². The molecule has 12 heteroatoms. The second kappa shape index (κ2) is 14.3. The maximum absolute atomic E-state index is 15.0. The van der Waals surface area contributed by atoms with Crippen molar-refractivity contribution in [2.75, 3.05) is 12.3 Å². The Kier molecular flexibility index (Phi) is 4.66. The van der Waals surface area contributed by atoms with Crippen LogP contribution in [0.5, 0.6) is 0 Å². The second-order valence-electron chi connectivity index (χ2n) is 14.5. The molecule has 4 rings (SSSR count). The van der Waals surface area contributed by atoms with Gasteiger partial charge in [-0.05, 0) is 75.2 Å². The van der Waals surface area contributed by atoms with Gasteiger partial charge in [0, 0.05) is 63.3 Å². The summed E-state index contributed by atoms with van der Waals surface area (Å²) in [5.41, 5.74) is -7.23. The molecule has 4 aliphatic rings. The third-order valence-corrected chi connectivity index (χ3v) is 11.0. The molecule has 4 fully saturated rings. The van der Waals surface area contributed by atoms with Crippen molar-refractivity contribution in [3.63, 3.8) is 0 Å². The zero-order chi connectivity index (χ0) is 61.1. The second-order valence-corrected chi connectivity index (χ2v) is 16.6. The van der Waals surface area contributed by atoms with Crippen LogP contribution in [0.1, 0.15) is 171 Å². The number of ketones is 2. The van der Waals surface area contributed by atoms with Crippen molar-refractivity contribution in [1.29, 1.82) is 0 Å². The predicted molar refractivity (Wildman–Crippen MR) is 189 cm³/mol. The van der Waals surface area contributed by atoms with E-state index in [0.717, 1.165) is 4.90 Å². The summed E-state index contributed by atoms with van der Waals surface area (Å²) in [4.78, 5) is 72.3. The van der Waals surface area contributed by atoms with Gasteiger partial charge in [-0.1, -0.05) is 73.3 Å². The van der Waals surface area contributed by atoms with Gasteiger partial charge in [0.2, 0.25) is 11.7 Å². The monoisotopic (exact) mass is 735 g/mol. The van der Waals surface area contributed by atoms with Crippen LogP contribution in [0, 0.1) is 28.6 Å². The molecule has 0 aromatic rings. The molecule has 3 aliphatic carbocycles. The molecule has 0 aromatic heterocycles. The molecule has 1 heterocycles. The van der Waals surface area contributed by atoms with E-state index in [0.29, 0.717) is 12.8 Å². The van der Waals surface area contributed by atoms with Gasteiger partial charge in [0.25, 0.3) is 5.91 Å². The highest BCUT2D eigenvalue weighted by Crippen LogP contribution is 2.65. The van der Waals surface area contributed by atoms with E-state index in [1.54, 1.807) is 13.8 Å². The van der Waals surface area contributed by atoms with E-state index >= 15 is 4.79 Å². The van der Waals surface area contributed by atoms with Gasteiger partial charge >= 0.3 is 6.03 Å². The third-order valence-electron chi connectivity index (χ3n) is 9.25. The molecule has 1 saturated heterocycles. The summed E-state index contributed by atoms with van der Waals surface area (Å²) in [5, 5.41) is 5.68. The molecular weight excluding hydrogens is 644 g/mol. The normalized spacial score (nSPS) is 41.3. The largest absolute Gasteiger partial charge is 0.347 e. The van der Waals surface area contributed by atoms with Crippen molar-refractivity contribution >= 4 is 39.2 Å². The molecule has 0 spiro atoms. The number of sulfone groups is 1. The Morgan fingerprint density at radius 1 is 1.04 bits per heavy atom. The number of fused-ring (bicyclic) bond motifs is 1. The highest BCUT2D eigenvalue weighted by Gasteiger charge is 2.69. The predicted octanol–water partition coefficient (Wildman–Crippen LogP) is 4.71. The van der Waals surface area contributed by atoms with Gasteiger partial charge in [0.1, 0.15) is 6.04 Å². The molecule has 0 aromatic carbocycles. The minimum Gasteiger partial charge on any atom is -0.347 e. The van der Waals surface area contributed by atoms with Gasteiger partial charge in [-0.25, -0.2) is 13.2 Å². The maximum atomic E-state index is 15.0. The van der Waals surface area contributed by atoms with Crippen LogP contribution in [0.15, 0.2) is 0 Å². The van der Waals surface area contributed by atoms with Crippen molar-refractivity contribution in [2.24, 2.45) is 28.6 Å². The fourth-order valence-corrected chi connectivity index (χ4v) is 7.26. The highest BCUT2D eigenvalue weighted by atomic mass is 32.2. The Morgan fingerprint density at radius 3 is 2.27 bits per heavy atom. The van der Waals surface area contributed by atoms with Gasteiger partial charge in [-0.3, -0.25) is 19.2 Å². The zero-order valence-corrected chi connectivity index (χ0v) is 28.5. The molecule has 1 aliphatic heterocycles. The summed E-state index contributed by atoms with van der Waals surface area (Å²) in [7, 11) is -6.94. The Hall–Kier alpha value is -2.50. The van der Waals surface area contributed by atoms with E-state index in [1.165, 1.54) is 26.1 Å². The number of likely N-dealkylation sites (tertiary alicyclic amines) is 1. The fraction of sp³-hybridized carbons (Fsp3) is 0.865. The van der Waals surface area contributed by atoms with E-state index in [1.807, 2.05) is 5.32 Å². The average Bonchev–Trinajstić information content (AvgIpc) is 4.04. The molecular formula is C37H62N4O7S. The molecule has 3 saturated carbocycles. The van der Waals surface area contributed by atoms with Crippen molar-refractivity contribution in [3.8, 4) is 0 Å². The molecule has 4 amide bonds. The topological polar surface area (TPSA) is 159 Å². The van der Waals surface area contributed by atoms with Crippen LogP contribution in [0.4, 0.5) is 4.79 Å². The quantitative estimate of drug-likeness (QED) is 0.218. The number of rotatable bonds is 14. The van der Waals surface area contributed by atoms with Crippen LogP contribution in [-0.4, -0.2) is 83.4 Å². The van der Waals surface area contributed by atoms with Crippen molar-refractivity contribution in [2.45, 2.75) is 161 Å². The molecule has 0 unspecified atom stereocenters. The summed E-state index contributed by atoms with van der Waals surface area (Å²) in [6.45, 7) is -11.6.